The van der Waals surface area contributed by atoms with Gasteiger partial charge in [-0.15, -0.1) is 0 Å². The Labute approximate surface area is 491 Å². The molecule has 0 saturated heterocycles. The second kappa shape index (κ2) is 20.0. The van der Waals surface area contributed by atoms with Gasteiger partial charge >= 0.3 is 6.01 Å². The molecule has 1 aromatic heterocycles. The van der Waals surface area contributed by atoms with Gasteiger partial charge in [0.2, 0.25) is 5.88 Å². The van der Waals surface area contributed by atoms with E-state index in [1.54, 1.807) is 0 Å². The Morgan fingerprint density at radius 1 is 0.341 bits per heavy atom. The fourth-order valence-corrected chi connectivity index (χ4v) is 11.7. The summed E-state index contributed by atoms with van der Waals surface area (Å²) in [6.07, 6.45) is 0. The monoisotopic (exact) mass is 1080 g/mol. The number of fused-ring (bicyclic) bond motifs is 4. The molecule has 0 fully saturated rings. The van der Waals surface area contributed by atoms with Crippen molar-refractivity contribution in [3.05, 3.63) is 215 Å². The van der Waals surface area contributed by atoms with Crippen molar-refractivity contribution in [2.45, 2.75) is 157 Å². The van der Waals surface area contributed by atoms with Crippen LogP contribution in [0.4, 0.5) is 68.8 Å². The molecular formula is C75H84BN5O. The largest absolute Gasteiger partial charge is 0.407 e. The Hall–Kier alpha value is -7.77. The lowest BCUT2D eigenvalue weighted by Crippen LogP contribution is -2.61. The van der Waals surface area contributed by atoms with Gasteiger partial charge in [-0.2, -0.15) is 0 Å². The first-order valence-electron chi connectivity index (χ1n) is 29.6. The summed E-state index contributed by atoms with van der Waals surface area (Å²) in [6.45, 7) is 41.2. The summed E-state index contributed by atoms with van der Waals surface area (Å²) in [4.78, 5) is 15.4. The topological polar surface area (TPSA) is 39.0 Å². The van der Waals surface area contributed by atoms with E-state index in [0.717, 1.165) is 67.9 Å². The van der Waals surface area contributed by atoms with E-state index in [1.165, 1.54) is 38.8 Å². The molecule has 3 heterocycles. The van der Waals surface area contributed by atoms with Crippen LogP contribution < -0.4 is 36.1 Å². The van der Waals surface area contributed by atoms with Crippen molar-refractivity contribution in [1.29, 1.82) is 0 Å². The summed E-state index contributed by atoms with van der Waals surface area (Å²) in [5, 5.41) is 0. The maximum Gasteiger partial charge on any atom is 0.307 e. The molecule has 0 bridgehead atoms. The molecule has 0 aliphatic carbocycles. The van der Waals surface area contributed by atoms with Gasteiger partial charge in [0.05, 0.1) is 17.0 Å². The standard InChI is InChI=1S/C75H84BN5O/c1-70(2,3)49-29-35-57(36-30-49)78(58-37-31-50(32-38-58)71(4,5)6)60-41-42-62-63(48-60)80(59-39-33-51(34-40-59)72(7,8)9)64-46-54(75(16,17)18)47-65-66(64)76(62)67-68(81(65)61-44-52(73(10,11)12)43-53(45-61)74(13,14)15)82-69(77-67)79(55-25-21-19-22-26-55)56-27-23-20-24-28-56/h19-48H,1-18H3. The van der Waals surface area contributed by atoms with Gasteiger partial charge < -0.3 is 14.2 Å². The zero-order chi connectivity index (χ0) is 58.6. The zero-order valence-electron chi connectivity index (χ0n) is 52.0. The van der Waals surface area contributed by atoms with E-state index in [-0.39, 0.29) is 39.2 Å². The van der Waals surface area contributed by atoms with Crippen LogP contribution in [0, 0.1) is 0 Å². The van der Waals surface area contributed by atoms with Gasteiger partial charge in [-0.25, -0.2) is 4.98 Å². The number of hydrogen-bond acceptors (Lipinski definition) is 6. The Balaban J connectivity index is 1.25. The molecule has 418 valence electrons. The minimum atomic E-state index is -0.316. The molecule has 82 heavy (non-hydrogen) atoms. The molecule has 0 unspecified atom stereocenters. The van der Waals surface area contributed by atoms with Crippen LogP contribution in [0.2, 0.25) is 0 Å². The summed E-state index contributed by atoms with van der Waals surface area (Å²) in [7, 11) is 0. The number of hydrogen-bond donors (Lipinski definition) is 0. The third-order valence-corrected chi connectivity index (χ3v) is 16.8. The Morgan fingerprint density at radius 3 is 1.17 bits per heavy atom. The zero-order valence-corrected chi connectivity index (χ0v) is 52.0. The van der Waals surface area contributed by atoms with Gasteiger partial charge in [0.25, 0.3) is 6.71 Å². The average Bonchev–Trinajstić information content (AvgIpc) is 2.56. The molecule has 0 amide bonds. The maximum absolute atomic E-state index is 7.61. The number of aromatic nitrogens is 1. The molecule has 0 saturated carbocycles. The molecule has 2 aliphatic rings. The van der Waals surface area contributed by atoms with Crippen LogP contribution in [0.15, 0.2) is 186 Å². The van der Waals surface area contributed by atoms with Gasteiger partial charge in [-0.1, -0.05) is 210 Å². The van der Waals surface area contributed by atoms with E-state index in [0.29, 0.717) is 11.9 Å². The average molecular weight is 1080 g/mol. The van der Waals surface area contributed by atoms with Gasteiger partial charge in [0.1, 0.15) is 0 Å². The second-order valence-electron chi connectivity index (χ2n) is 29.2. The summed E-state index contributed by atoms with van der Waals surface area (Å²) in [5.74, 6) is 0.713. The number of rotatable bonds is 8. The molecule has 0 N–H and O–H groups in total. The lowest BCUT2D eigenvalue weighted by molar-refractivity contribution is 0.563. The van der Waals surface area contributed by atoms with E-state index in [9.17, 15) is 0 Å². The van der Waals surface area contributed by atoms with Crippen LogP contribution >= 0.6 is 0 Å². The first-order chi connectivity index (χ1) is 38.4. The Bertz CT molecular complexity index is 3670. The number of nitrogens with zero attached hydrogens (tertiary/aromatic N) is 5. The molecular weight excluding hydrogens is 998 g/mol. The number of para-hydroxylation sites is 2. The minimum Gasteiger partial charge on any atom is -0.407 e. The van der Waals surface area contributed by atoms with E-state index in [1.807, 2.05) is 0 Å². The van der Waals surface area contributed by atoms with Gasteiger partial charge in [-0.3, -0.25) is 9.80 Å². The van der Waals surface area contributed by atoms with E-state index >= 15 is 0 Å². The molecule has 7 heteroatoms. The lowest BCUT2D eigenvalue weighted by Gasteiger charge is -2.43. The van der Waals surface area contributed by atoms with Crippen molar-refractivity contribution >= 4 is 92.0 Å². The third kappa shape index (κ3) is 10.5. The number of benzene rings is 8. The van der Waals surface area contributed by atoms with Crippen molar-refractivity contribution in [3.8, 4) is 0 Å². The molecule has 11 rings (SSSR count). The van der Waals surface area contributed by atoms with E-state index < -0.39 is 0 Å². The first kappa shape index (κ1) is 56.1. The van der Waals surface area contributed by atoms with Crippen molar-refractivity contribution in [2.75, 3.05) is 19.6 Å². The first-order valence-corrected chi connectivity index (χ1v) is 29.6. The predicted octanol–water partition coefficient (Wildman–Crippen LogP) is 19.5. The summed E-state index contributed by atoms with van der Waals surface area (Å²) >= 11 is 0. The summed E-state index contributed by atoms with van der Waals surface area (Å²) in [6, 6.07) is 68.5. The highest BCUT2D eigenvalue weighted by Crippen LogP contribution is 2.50. The summed E-state index contributed by atoms with van der Waals surface area (Å²) < 4.78 is 7.61. The molecule has 0 spiro atoms. The third-order valence-electron chi connectivity index (χ3n) is 16.8. The smallest absolute Gasteiger partial charge is 0.307 e. The van der Waals surface area contributed by atoms with Crippen LogP contribution in [-0.2, 0) is 32.5 Å². The van der Waals surface area contributed by atoms with Gasteiger partial charge in [-0.05, 0) is 174 Å². The number of anilines is 12. The van der Waals surface area contributed by atoms with Gasteiger partial charge in [0.15, 0.2) is 0 Å². The van der Waals surface area contributed by atoms with Crippen molar-refractivity contribution in [2.24, 2.45) is 0 Å². The normalized spacial score (nSPS) is 13.7. The van der Waals surface area contributed by atoms with Crippen LogP contribution in [-0.4, -0.2) is 11.7 Å². The van der Waals surface area contributed by atoms with E-state index in [2.05, 4.69) is 326 Å². The molecule has 0 radical (unpaired) electrons. The van der Waals surface area contributed by atoms with Crippen molar-refractivity contribution in [3.63, 3.8) is 0 Å². The van der Waals surface area contributed by atoms with Crippen molar-refractivity contribution in [1.82, 2.24) is 4.98 Å². The van der Waals surface area contributed by atoms with Crippen LogP contribution in [0.5, 0.6) is 0 Å². The quantitative estimate of drug-likeness (QED) is 0.141. The lowest BCUT2D eigenvalue weighted by atomic mass is 9.35. The molecule has 0 atom stereocenters. The number of oxazole rings is 1. The molecule has 2 aliphatic heterocycles. The predicted molar refractivity (Wildman–Crippen MR) is 352 cm³/mol. The molecule has 6 nitrogen and oxygen atoms in total. The van der Waals surface area contributed by atoms with Gasteiger partial charge in [0, 0.05) is 45.5 Å². The summed E-state index contributed by atoms with van der Waals surface area (Å²) in [5.41, 5.74) is 20.9. The van der Waals surface area contributed by atoms with Crippen molar-refractivity contribution < 1.29 is 4.42 Å². The SMILES string of the molecule is CC(C)(C)c1ccc(N(c2ccc(C(C)(C)C)cc2)c2ccc3c(c2)N(c2ccc(C(C)(C)C)cc2)c2cc(C(C)(C)C)cc4c2B3c2nc(N(c3ccccc3)c3ccccc3)oc2N4c2cc(C(C)(C)C)cc(C(C)(C)C)c2)cc1. The van der Waals surface area contributed by atoms with Crippen LogP contribution in [0.3, 0.4) is 0 Å². The van der Waals surface area contributed by atoms with E-state index in [4.69, 9.17) is 9.40 Å². The maximum atomic E-state index is 7.61. The fraction of sp³-hybridized carbons (Fsp3) is 0.320. The highest BCUT2D eigenvalue weighted by Gasteiger charge is 2.48. The minimum absolute atomic E-state index is 0.00361. The Morgan fingerprint density at radius 2 is 0.732 bits per heavy atom. The molecule has 8 aromatic carbocycles. The second-order valence-corrected chi connectivity index (χ2v) is 29.2. The molecule has 9 aromatic rings. The fourth-order valence-electron chi connectivity index (χ4n) is 11.7. The highest BCUT2D eigenvalue weighted by atomic mass is 16.4. The van der Waals surface area contributed by atoms with Crippen LogP contribution in [0.25, 0.3) is 0 Å². The highest BCUT2D eigenvalue weighted by molar-refractivity contribution is 6.99. The van der Waals surface area contributed by atoms with Crippen LogP contribution in [0.1, 0.15) is 158 Å². The Kier molecular flexibility index (Phi) is 13.7.